The van der Waals surface area contributed by atoms with Gasteiger partial charge in [-0.05, 0) is 12.8 Å². The summed E-state index contributed by atoms with van der Waals surface area (Å²) in [6.07, 6.45) is 0. The Kier molecular flexibility index (Phi) is 6.41. The van der Waals surface area contributed by atoms with E-state index in [1.807, 2.05) is 20.8 Å². The highest BCUT2D eigenvalue weighted by atomic mass is 32.1. The Bertz CT molecular complexity index is 501. The quantitative estimate of drug-likeness (QED) is 0.697. The Morgan fingerprint density at radius 2 is 2.10 bits per heavy atom. The van der Waals surface area contributed by atoms with Crippen molar-refractivity contribution < 1.29 is 9.59 Å². The van der Waals surface area contributed by atoms with E-state index in [1.54, 1.807) is 7.05 Å². The maximum Gasteiger partial charge on any atom is 0.268 e. The molecule has 0 aliphatic carbocycles. The van der Waals surface area contributed by atoms with Gasteiger partial charge in [-0.25, -0.2) is 4.98 Å². The van der Waals surface area contributed by atoms with Gasteiger partial charge >= 0.3 is 0 Å². The molecule has 0 radical (unpaired) electrons. The fourth-order valence-electron chi connectivity index (χ4n) is 1.55. The number of hydrogen-bond donors (Lipinski definition) is 3. The predicted octanol–water partition coefficient (Wildman–Crippen LogP) is 1.00. The van der Waals surface area contributed by atoms with E-state index >= 15 is 0 Å². The average molecular weight is 313 g/mol. The lowest BCUT2D eigenvalue weighted by Gasteiger charge is -2.16. The number of carbonyl (C=O) groups is 2. The molecule has 0 fully saturated rings. The third-order valence-corrected chi connectivity index (χ3v) is 3.63. The Balaban J connectivity index is 2.63. The fourth-order valence-corrected chi connectivity index (χ4v) is 2.49. The molecule has 1 aromatic heterocycles. The molecule has 4 N–H and O–H groups in total. The minimum atomic E-state index is -0.297. The standard InChI is InChI=1S/C13H23N5O2S/c1-5-15-13-17-11(14)10(21-13)12(20)18(4)7-9(19)16-6-8(2)3/h8H,5-7,14H2,1-4H3,(H,15,17)(H,16,19). The van der Waals surface area contributed by atoms with Crippen LogP contribution < -0.4 is 16.4 Å². The van der Waals surface area contributed by atoms with E-state index in [2.05, 4.69) is 15.6 Å². The Morgan fingerprint density at radius 1 is 1.43 bits per heavy atom. The zero-order valence-electron chi connectivity index (χ0n) is 12.9. The van der Waals surface area contributed by atoms with Crippen LogP contribution in [0.4, 0.5) is 10.9 Å². The molecule has 21 heavy (non-hydrogen) atoms. The molecular formula is C13H23N5O2S. The summed E-state index contributed by atoms with van der Waals surface area (Å²) < 4.78 is 0. The summed E-state index contributed by atoms with van der Waals surface area (Å²) in [6.45, 7) is 7.25. The maximum atomic E-state index is 12.3. The minimum Gasteiger partial charge on any atom is -0.382 e. The number of nitrogens with one attached hydrogen (secondary N) is 2. The molecule has 0 aliphatic heterocycles. The van der Waals surface area contributed by atoms with Crippen LogP contribution in [0.5, 0.6) is 0 Å². The van der Waals surface area contributed by atoms with Crippen LogP contribution in [0, 0.1) is 5.92 Å². The van der Waals surface area contributed by atoms with Crippen LogP contribution in [0.15, 0.2) is 0 Å². The molecule has 1 aromatic rings. The minimum absolute atomic E-state index is 0.000562. The number of aromatic nitrogens is 1. The van der Waals surface area contributed by atoms with Crippen molar-refractivity contribution in [3.05, 3.63) is 4.88 Å². The lowest BCUT2D eigenvalue weighted by Crippen LogP contribution is -2.39. The number of amides is 2. The van der Waals surface area contributed by atoms with Crippen LogP contribution in [0.25, 0.3) is 0 Å². The molecule has 0 bridgehead atoms. The molecule has 2 amide bonds. The highest BCUT2D eigenvalue weighted by Gasteiger charge is 2.21. The number of nitrogens with two attached hydrogens (primary N) is 1. The number of nitrogens with zero attached hydrogens (tertiary/aromatic N) is 2. The van der Waals surface area contributed by atoms with Gasteiger partial charge in [0.05, 0.1) is 6.54 Å². The van der Waals surface area contributed by atoms with Gasteiger partial charge in [0.1, 0.15) is 10.7 Å². The lowest BCUT2D eigenvalue weighted by atomic mass is 10.2. The third kappa shape index (κ3) is 5.22. The molecular weight excluding hydrogens is 290 g/mol. The summed E-state index contributed by atoms with van der Waals surface area (Å²) in [5, 5.41) is 6.39. The number of hydrogen-bond acceptors (Lipinski definition) is 6. The second-order valence-electron chi connectivity index (χ2n) is 5.12. The second kappa shape index (κ2) is 7.82. The van der Waals surface area contributed by atoms with E-state index in [9.17, 15) is 9.59 Å². The maximum absolute atomic E-state index is 12.3. The van der Waals surface area contributed by atoms with Crippen molar-refractivity contribution in [3.63, 3.8) is 0 Å². The zero-order valence-corrected chi connectivity index (χ0v) is 13.7. The number of anilines is 2. The molecule has 0 aliphatic rings. The third-order valence-electron chi connectivity index (χ3n) is 2.61. The van der Waals surface area contributed by atoms with Gasteiger partial charge in [-0.2, -0.15) is 0 Å². The van der Waals surface area contributed by atoms with E-state index in [0.717, 1.165) is 0 Å². The lowest BCUT2D eigenvalue weighted by molar-refractivity contribution is -0.121. The van der Waals surface area contributed by atoms with Crippen LogP contribution in [0.1, 0.15) is 30.4 Å². The summed E-state index contributed by atoms with van der Waals surface area (Å²) in [5.41, 5.74) is 5.75. The number of carbonyl (C=O) groups excluding carboxylic acids is 2. The first-order valence-electron chi connectivity index (χ1n) is 6.87. The Hall–Kier alpha value is -1.83. The molecule has 0 saturated carbocycles. The topological polar surface area (TPSA) is 100 Å². The van der Waals surface area contributed by atoms with Gasteiger partial charge in [0.2, 0.25) is 5.91 Å². The first-order chi connectivity index (χ1) is 9.85. The Morgan fingerprint density at radius 3 is 2.67 bits per heavy atom. The van der Waals surface area contributed by atoms with Crippen molar-refractivity contribution in [2.24, 2.45) is 5.92 Å². The fraction of sp³-hybridized carbons (Fsp3) is 0.615. The molecule has 7 nitrogen and oxygen atoms in total. The van der Waals surface area contributed by atoms with Gasteiger partial charge in [-0.1, -0.05) is 25.2 Å². The van der Waals surface area contributed by atoms with Crippen LogP contribution in [-0.4, -0.2) is 48.4 Å². The van der Waals surface area contributed by atoms with Crippen LogP contribution in [-0.2, 0) is 4.79 Å². The molecule has 0 atom stereocenters. The van der Waals surface area contributed by atoms with E-state index in [1.165, 1.54) is 16.2 Å². The zero-order chi connectivity index (χ0) is 16.0. The number of thiazole rings is 1. The van der Waals surface area contributed by atoms with Crippen molar-refractivity contribution in [3.8, 4) is 0 Å². The largest absolute Gasteiger partial charge is 0.382 e. The van der Waals surface area contributed by atoms with Gasteiger partial charge < -0.3 is 21.3 Å². The van der Waals surface area contributed by atoms with E-state index in [0.29, 0.717) is 29.0 Å². The van der Waals surface area contributed by atoms with Crippen molar-refractivity contribution in [1.82, 2.24) is 15.2 Å². The molecule has 8 heteroatoms. The second-order valence-corrected chi connectivity index (χ2v) is 6.12. The van der Waals surface area contributed by atoms with E-state index < -0.39 is 0 Å². The first kappa shape index (κ1) is 17.2. The van der Waals surface area contributed by atoms with Crippen molar-refractivity contribution >= 4 is 34.1 Å². The molecule has 0 spiro atoms. The monoisotopic (exact) mass is 313 g/mol. The smallest absolute Gasteiger partial charge is 0.268 e. The highest BCUT2D eigenvalue weighted by molar-refractivity contribution is 7.18. The van der Waals surface area contributed by atoms with Crippen molar-refractivity contribution in [1.29, 1.82) is 0 Å². The van der Waals surface area contributed by atoms with Crippen molar-refractivity contribution in [2.45, 2.75) is 20.8 Å². The number of rotatable bonds is 7. The molecule has 0 saturated heterocycles. The van der Waals surface area contributed by atoms with Gasteiger partial charge in [0.25, 0.3) is 5.91 Å². The highest BCUT2D eigenvalue weighted by Crippen LogP contribution is 2.25. The van der Waals surface area contributed by atoms with Gasteiger partial charge in [0.15, 0.2) is 5.13 Å². The van der Waals surface area contributed by atoms with E-state index in [4.69, 9.17) is 5.73 Å². The Labute approximate surface area is 128 Å². The molecule has 0 aromatic carbocycles. The van der Waals surface area contributed by atoms with Gasteiger partial charge in [-0.3, -0.25) is 9.59 Å². The van der Waals surface area contributed by atoms with E-state index in [-0.39, 0.29) is 24.2 Å². The molecule has 118 valence electrons. The summed E-state index contributed by atoms with van der Waals surface area (Å²) in [4.78, 5) is 29.8. The van der Waals surface area contributed by atoms with Gasteiger partial charge in [-0.15, -0.1) is 0 Å². The number of likely N-dealkylation sites (N-methyl/N-ethyl adjacent to an activating group) is 1. The molecule has 0 unspecified atom stereocenters. The summed E-state index contributed by atoms with van der Waals surface area (Å²) in [5.74, 6) is 0.0774. The molecule has 1 rings (SSSR count). The summed E-state index contributed by atoms with van der Waals surface area (Å²) in [7, 11) is 1.57. The predicted molar refractivity (Wildman–Crippen MR) is 85.5 cm³/mol. The van der Waals surface area contributed by atoms with Crippen LogP contribution >= 0.6 is 11.3 Å². The van der Waals surface area contributed by atoms with Crippen LogP contribution in [0.2, 0.25) is 0 Å². The summed E-state index contributed by atoms with van der Waals surface area (Å²) in [6, 6.07) is 0. The average Bonchev–Trinajstić information content (AvgIpc) is 2.76. The SMILES string of the molecule is CCNc1nc(N)c(C(=O)N(C)CC(=O)NCC(C)C)s1. The molecule has 1 heterocycles. The summed E-state index contributed by atoms with van der Waals surface area (Å²) >= 11 is 1.20. The van der Waals surface area contributed by atoms with Crippen molar-refractivity contribution in [2.75, 3.05) is 37.7 Å². The normalized spacial score (nSPS) is 10.5. The van der Waals surface area contributed by atoms with Crippen LogP contribution in [0.3, 0.4) is 0 Å². The number of nitrogen functional groups attached to an aromatic ring is 1. The van der Waals surface area contributed by atoms with Gasteiger partial charge in [0, 0.05) is 20.1 Å². The first-order valence-corrected chi connectivity index (χ1v) is 7.69.